The van der Waals surface area contributed by atoms with Crippen molar-refractivity contribution in [3.8, 4) is 0 Å². The van der Waals surface area contributed by atoms with Crippen molar-refractivity contribution < 1.29 is 5.11 Å². The SMILES string of the molecule is Nc1ncnc2c(CN3C[C@H](CSCc4ccccc4)[C@@H](O)C3)c[nH]c12. The highest BCUT2D eigenvalue weighted by Crippen LogP contribution is 2.27. The fourth-order valence-electron chi connectivity index (χ4n) is 3.51. The minimum atomic E-state index is -0.275. The predicted molar refractivity (Wildman–Crippen MR) is 106 cm³/mol. The first-order valence-corrected chi connectivity index (χ1v) is 9.94. The highest BCUT2D eigenvalue weighted by molar-refractivity contribution is 7.98. The highest BCUT2D eigenvalue weighted by Gasteiger charge is 2.31. The molecule has 0 unspecified atom stereocenters. The Morgan fingerprint density at radius 2 is 2.08 bits per heavy atom. The number of H-pyrrole nitrogens is 1. The summed E-state index contributed by atoms with van der Waals surface area (Å²) >= 11 is 1.89. The van der Waals surface area contributed by atoms with Gasteiger partial charge in [0.25, 0.3) is 0 Å². The Morgan fingerprint density at radius 3 is 2.92 bits per heavy atom. The fourth-order valence-corrected chi connectivity index (χ4v) is 4.69. The summed E-state index contributed by atoms with van der Waals surface area (Å²) in [5, 5.41) is 10.4. The molecule has 6 nitrogen and oxygen atoms in total. The second kappa shape index (κ2) is 7.65. The Kier molecular flexibility index (Phi) is 5.10. The van der Waals surface area contributed by atoms with Crippen LogP contribution in [0.3, 0.4) is 0 Å². The number of nitrogens with zero attached hydrogens (tertiary/aromatic N) is 3. The third-order valence-electron chi connectivity index (χ3n) is 4.89. The van der Waals surface area contributed by atoms with Crippen LogP contribution >= 0.6 is 11.8 Å². The van der Waals surface area contributed by atoms with Crippen molar-refractivity contribution in [1.82, 2.24) is 19.9 Å². The van der Waals surface area contributed by atoms with E-state index in [0.29, 0.717) is 18.3 Å². The van der Waals surface area contributed by atoms with Gasteiger partial charge in [0, 0.05) is 48.8 Å². The molecule has 3 aromatic rings. The van der Waals surface area contributed by atoms with Crippen LogP contribution in [0.15, 0.2) is 42.9 Å². The number of anilines is 1. The second-order valence-corrected chi connectivity index (χ2v) is 7.85. The first-order chi connectivity index (χ1) is 12.7. The lowest BCUT2D eigenvalue weighted by molar-refractivity contribution is 0.149. The number of fused-ring (bicyclic) bond motifs is 1. The third-order valence-corrected chi connectivity index (χ3v) is 6.09. The molecule has 1 aliphatic rings. The summed E-state index contributed by atoms with van der Waals surface area (Å²) < 4.78 is 0. The number of hydrogen-bond donors (Lipinski definition) is 3. The standard InChI is InChI=1S/C19H23N5OS/c20-19-18-17(22-12-23-19)14(6-21-18)7-24-8-15(16(25)9-24)11-26-10-13-4-2-1-3-5-13/h1-6,12,15-16,21,25H,7-11H2,(H2,20,22,23)/t15-,16+/m1/s1. The molecule has 2 atom stereocenters. The number of thioether (sulfide) groups is 1. The topological polar surface area (TPSA) is 91.1 Å². The number of aromatic nitrogens is 3. The maximum absolute atomic E-state index is 10.4. The van der Waals surface area contributed by atoms with Crippen LogP contribution in [-0.4, -0.2) is 49.9 Å². The van der Waals surface area contributed by atoms with Crippen LogP contribution in [0.2, 0.25) is 0 Å². The van der Waals surface area contributed by atoms with Gasteiger partial charge in [-0.15, -0.1) is 0 Å². The number of β-amino-alcohol motifs (C(OH)–C–C–N with tert-alkyl or cyclic N) is 1. The Hall–Kier alpha value is -2.09. The summed E-state index contributed by atoms with van der Waals surface area (Å²) in [4.78, 5) is 13.8. The zero-order valence-corrected chi connectivity index (χ0v) is 15.3. The van der Waals surface area contributed by atoms with Crippen LogP contribution < -0.4 is 5.73 Å². The van der Waals surface area contributed by atoms with Crippen LogP contribution in [0.5, 0.6) is 0 Å². The van der Waals surface area contributed by atoms with Crippen LogP contribution in [0, 0.1) is 5.92 Å². The molecule has 0 spiro atoms. The zero-order valence-electron chi connectivity index (χ0n) is 14.5. The van der Waals surface area contributed by atoms with Crippen molar-refractivity contribution in [3.63, 3.8) is 0 Å². The van der Waals surface area contributed by atoms with Gasteiger partial charge in [0.15, 0.2) is 5.82 Å². The fraction of sp³-hybridized carbons (Fsp3) is 0.368. The number of rotatable bonds is 6. The molecule has 0 amide bonds. The summed E-state index contributed by atoms with van der Waals surface area (Å²) in [5.41, 5.74) is 9.97. The first kappa shape index (κ1) is 17.3. The molecule has 1 aromatic carbocycles. The number of nitrogens with two attached hydrogens (primary N) is 1. The van der Waals surface area contributed by atoms with Gasteiger partial charge in [0.1, 0.15) is 11.8 Å². The van der Waals surface area contributed by atoms with Gasteiger partial charge in [0.05, 0.1) is 11.6 Å². The van der Waals surface area contributed by atoms with Gasteiger partial charge in [-0.3, -0.25) is 4.90 Å². The van der Waals surface area contributed by atoms with Gasteiger partial charge in [-0.1, -0.05) is 30.3 Å². The van der Waals surface area contributed by atoms with Gasteiger partial charge in [-0.05, 0) is 5.56 Å². The molecule has 1 saturated heterocycles. The first-order valence-electron chi connectivity index (χ1n) is 8.79. The normalized spacial score (nSPS) is 20.8. The van der Waals surface area contributed by atoms with Gasteiger partial charge in [-0.2, -0.15) is 11.8 Å². The van der Waals surface area contributed by atoms with Crippen LogP contribution in [0.4, 0.5) is 5.82 Å². The molecule has 1 fully saturated rings. The van der Waals surface area contributed by atoms with Gasteiger partial charge in [-0.25, -0.2) is 9.97 Å². The predicted octanol–water partition coefficient (Wildman–Crippen LogP) is 2.27. The average molecular weight is 369 g/mol. The summed E-state index contributed by atoms with van der Waals surface area (Å²) in [6.07, 6.45) is 3.17. The monoisotopic (exact) mass is 369 g/mol. The van der Waals surface area contributed by atoms with Crippen LogP contribution in [-0.2, 0) is 12.3 Å². The van der Waals surface area contributed by atoms with E-state index in [1.165, 1.54) is 11.9 Å². The molecule has 4 rings (SSSR count). The number of aliphatic hydroxyl groups is 1. The molecule has 4 N–H and O–H groups in total. The van der Waals surface area contributed by atoms with Crippen molar-refractivity contribution in [2.75, 3.05) is 24.6 Å². The molecule has 0 aliphatic carbocycles. The number of nitrogen functional groups attached to an aromatic ring is 1. The molecule has 2 aromatic heterocycles. The molecule has 7 heteroatoms. The Balaban J connectivity index is 1.34. The van der Waals surface area contributed by atoms with Gasteiger partial charge >= 0.3 is 0 Å². The van der Waals surface area contributed by atoms with Crippen molar-refractivity contribution in [3.05, 3.63) is 54.0 Å². The Bertz CT molecular complexity index is 869. The molecular formula is C19H23N5OS. The zero-order chi connectivity index (χ0) is 17.9. The molecule has 26 heavy (non-hydrogen) atoms. The summed E-state index contributed by atoms with van der Waals surface area (Å²) in [5.74, 6) is 2.73. The maximum Gasteiger partial charge on any atom is 0.151 e. The number of aromatic amines is 1. The molecule has 0 radical (unpaired) electrons. The number of nitrogens with one attached hydrogen (secondary N) is 1. The molecule has 0 bridgehead atoms. The number of hydrogen-bond acceptors (Lipinski definition) is 6. The van der Waals surface area contributed by atoms with Gasteiger partial charge < -0.3 is 15.8 Å². The van der Waals surface area contributed by atoms with Crippen molar-refractivity contribution in [2.45, 2.75) is 18.4 Å². The smallest absolute Gasteiger partial charge is 0.151 e. The largest absolute Gasteiger partial charge is 0.391 e. The van der Waals surface area contributed by atoms with Crippen LogP contribution in [0.25, 0.3) is 11.0 Å². The van der Waals surface area contributed by atoms with E-state index in [4.69, 9.17) is 5.73 Å². The van der Waals surface area contributed by atoms with E-state index in [9.17, 15) is 5.11 Å². The van der Waals surface area contributed by atoms with Gasteiger partial charge in [0.2, 0.25) is 0 Å². The van der Waals surface area contributed by atoms with E-state index in [2.05, 4.69) is 44.1 Å². The molecule has 136 valence electrons. The summed E-state index contributed by atoms with van der Waals surface area (Å²) in [7, 11) is 0. The van der Waals surface area contributed by atoms with E-state index in [-0.39, 0.29) is 6.10 Å². The summed E-state index contributed by atoms with van der Waals surface area (Å²) in [6.45, 7) is 2.35. The summed E-state index contributed by atoms with van der Waals surface area (Å²) in [6, 6.07) is 10.5. The lowest BCUT2D eigenvalue weighted by Crippen LogP contribution is -2.21. The second-order valence-electron chi connectivity index (χ2n) is 6.82. The van der Waals surface area contributed by atoms with Crippen molar-refractivity contribution >= 4 is 28.6 Å². The minimum absolute atomic E-state index is 0.275. The van der Waals surface area contributed by atoms with E-state index in [0.717, 1.165) is 41.2 Å². The molecule has 1 aliphatic heterocycles. The number of benzene rings is 1. The average Bonchev–Trinajstić information content (AvgIpc) is 3.21. The van der Waals surface area contributed by atoms with E-state index in [1.54, 1.807) is 0 Å². The minimum Gasteiger partial charge on any atom is -0.391 e. The van der Waals surface area contributed by atoms with E-state index < -0.39 is 0 Å². The quantitative estimate of drug-likeness (QED) is 0.617. The molecular weight excluding hydrogens is 346 g/mol. The Labute approximate surface area is 156 Å². The number of likely N-dealkylation sites (tertiary alicyclic amines) is 1. The van der Waals surface area contributed by atoms with Crippen molar-refractivity contribution in [1.29, 1.82) is 0 Å². The third kappa shape index (κ3) is 3.70. The maximum atomic E-state index is 10.4. The van der Waals surface area contributed by atoms with Crippen LogP contribution in [0.1, 0.15) is 11.1 Å². The van der Waals surface area contributed by atoms with Crippen molar-refractivity contribution in [2.24, 2.45) is 5.92 Å². The lowest BCUT2D eigenvalue weighted by Gasteiger charge is -2.15. The van der Waals surface area contributed by atoms with E-state index >= 15 is 0 Å². The lowest BCUT2D eigenvalue weighted by atomic mass is 10.1. The molecule has 0 saturated carbocycles. The Morgan fingerprint density at radius 1 is 1.23 bits per heavy atom. The highest BCUT2D eigenvalue weighted by atomic mass is 32.2. The molecule has 3 heterocycles. The van der Waals surface area contributed by atoms with E-state index in [1.807, 2.05) is 24.0 Å². The number of aliphatic hydroxyl groups excluding tert-OH is 1.